The van der Waals surface area contributed by atoms with E-state index in [0.29, 0.717) is 24.1 Å². The van der Waals surface area contributed by atoms with Gasteiger partial charge in [-0.2, -0.15) is 0 Å². The fraction of sp³-hybridized carbons (Fsp3) is 0.450. The van der Waals surface area contributed by atoms with Gasteiger partial charge in [0.25, 0.3) is 11.8 Å². The highest BCUT2D eigenvalue weighted by atomic mass is 16.4. The van der Waals surface area contributed by atoms with E-state index < -0.39 is 29.9 Å². The second-order valence-corrected chi connectivity index (χ2v) is 7.62. The Morgan fingerprint density at radius 2 is 1.90 bits per heavy atom. The van der Waals surface area contributed by atoms with Gasteiger partial charge in [-0.05, 0) is 43.4 Å². The first kappa shape index (κ1) is 19.1. The van der Waals surface area contributed by atoms with Gasteiger partial charge in [0.15, 0.2) is 0 Å². The average molecular weight is 399 g/mol. The molecule has 0 radical (unpaired) electrons. The minimum Gasteiger partial charge on any atom is -0.480 e. The Morgan fingerprint density at radius 1 is 1.10 bits per heavy atom. The van der Waals surface area contributed by atoms with Gasteiger partial charge in [-0.1, -0.05) is 6.07 Å². The molecule has 0 bridgehead atoms. The van der Waals surface area contributed by atoms with E-state index in [0.717, 1.165) is 12.8 Å². The van der Waals surface area contributed by atoms with E-state index in [1.807, 2.05) is 0 Å². The molecule has 3 aliphatic rings. The van der Waals surface area contributed by atoms with Crippen LogP contribution in [-0.2, 0) is 20.9 Å². The molecular formula is C20H21N3O6. The number of carboxylic acid groups (broad SMARTS) is 1. The van der Waals surface area contributed by atoms with Gasteiger partial charge in [-0.15, -0.1) is 0 Å². The maximum absolute atomic E-state index is 12.9. The zero-order valence-corrected chi connectivity index (χ0v) is 15.7. The van der Waals surface area contributed by atoms with Crippen LogP contribution in [0.5, 0.6) is 0 Å². The molecule has 2 fully saturated rings. The number of amides is 4. The van der Waals surface area contributed by atoms with E-state index in [-0.39, 0.29) is 36.8 Å². The Labute approximate surface area is 166 Å². The topological polar surface area (TPSA) is 124 Å². The molecule has 4 rings (SSSR count). The summed E-state index contributed by atoms with van der Waals surface area (Å²) in [6.07, 6.45) is 2.34. The van der Waals surface area contributed by atoms with Gasteiger partial charge >= 0.3 is 5.97 Å². The van der Waals surface area contributed by atoms with E-state index in [4.69, 9.17) is 0 Å². The monoisotopic (exact) mass is 399 g/mol. The normalized spacial score (nSPS) is 24.3. The van der Waals surface area contributed by atoms with Crippen molar-refractivity contribution in [3.8, 4) is 0 Å². The first-order chi connectivity index (χ1) is 13.9. The number of aliphatic carboxylic acids is 1. The first-order valence-electron chi connectivity index (χ1n) is 9.68. The zero-order valence-electron chi connectivity index (χ0n) is 15.7. The van der Waals surface area contributed by atoms with Crippen LogP contribution in [-0.4, -0.2) is 63.1 Å². The number of rotatable bonds is 3. The van der Waals surface area contributed by atoms with Crippen LogP contribution in [0.15, 0.2) is 18.2 Å². The molecule has 3 aliphatic heterocycles. The smallest absolute Gasteiger partial charge is 0.326 e. The largest absolute Gasteiger partial charge is 0.480 e. The van der Waals surface area contributed by atoms with Gasteiger partial charge in [0.2, 0.25) is 11.8 Å². The number of likely N-dealkylation sites (tertiary alicyclic amines) is 1. The van der Waals surface area contributed by atoms with Crippen LogP contribution in [0.1, 0.15) is 58.4 Å². The minimum atomic E-state index is -1.03. The molecule has 2 saturated heterocycles. The van der Waals surface area contributed by atoms with Crippen molar-refractivity contribution in [2.24, 2.45) is 0 Å². The summed E-state index contributed by atoms with van der Waals surface area (Å²) >= 11 is 0. The lowest BCUT2D eigenvalue weighted by Crippen LogP contribution is -2.52. The Morgan fingerprint density at radius 3 is 2.62 bits per heavy atom. The van der Waals surface area contributed by atoms with Crippen LogP contribution in [0.3, 0.4) is 0 Å². The van der Waals surface area contributed by atoms with Crippen LogP contribution in [0, 0.1) is 0 Å². The van der Waals surface area contributed by atoms with Crippen molar-refractivity contribution in [2.45, 2.75) is 50.7 Å². The number of imide groups is 1. The zero-order chi connectivity index (χ0) is 20.7. The fourth-order valence-electron chi connectivity index (χ4n) is 4.28. The Balaban J connectivity index is 1.56. The van der Waals surface area contributed by atoms with E-state index in [1.165, 1.54) is 15.9 Å². The quantitative estimate of drug-likeness (QED) is 0.715. The van der Waals surface area contributed by atoms with Crippen molar-refractivity contribution in [1.29, 1.82) is 0 Å². The third-order valence-corrected chi connectivity index (χ3v) is 5.82. The summed E-state index contributed by atoms with van der Waals surface area (Å²) in [5.41, 5.74) is 1.30. The summed E-state index contributed by atoms with van der Waals surface area (Å²) in [4.78, 5) is 63.6. The molecule has 9 nitrogen and oxygen atoms in total. The molecule has 1 aromatic rings. The molecule has 0 aliphatic carbocycles. The van der Waals surface area contributed by atoms with Crippen LogP contribution >= 0.6 is 0 Å². The van der Waals surface area contributed by atoms with Gasteiger partial charge in [0, 0.05) is 30.6 Å². The third-order valence-electron chi connectivity index (χ3n) is 5.82. The predicted octanol–water partition coefficient (Wildman–Crippen LogP) is 0.527. The maximum atomic E-state index is 12.9. The molecule has 4 amide bonds. The second kappa shape index (κ2) is 7.31. The van der Waals surface area contributed by atoms with Gasteiger partial charge in [0.1, 0.15) is 12.1 Å². The molecule has 9 heteroatoms. The highest BCUT2D eigenvalue weighted by Gasteiger charge is 2.40. The third kappa shape index (κ3) is 3.37. The molecule has 3 heterocycles. The summed E-state index contributed by atoms with van der Waals surface area (Å²) in [7, 11) is 0. The average Bonchev–Trinajstić information content (AvgIpc) is 3.03. The van der Waals surface area contributed by atoms with E-state index >= 15 is 0 Å². The van der Waals surface area contributed by atoms with Crippen molar-refractivity contribution in [1.82, 2.24) is 15.1 Å². The summed E-state index contributed by atoms with van der Waals surface area (Å²) in [6.45, 7) is 0.597. The Bertz CT molecular complexity index is 927. The Hall–Kier alpha value is -3.23. The SMILES string of the molecule is O=C1CCC(N2Cc3ccc(C(=O)N4CCCC[C@@H]4C(=O)O)cc3C2=O)C(=O)N1. The van der Waals surface area contributed by atoms with Gasteiger partial charge < -0.3 is 14.9 Å². The predicted molar refractivity (Wildman–Crippen MR) is 98.8 cm³/mol. The molecule has 152 valence electrons. The lowest BCUT2D eigenvalue weighted by atomic mass is 9.99. The summed E-state index contributed by atoms with van der Waals surface area (Å²) in [6, 6.07) is 3.17. The number of hydrogen-bond acceptors (Lipinski definition) is 5. The van der Waals surface area contributed by atoms with Crippen LogP contribution < -0.4 is 5.32 Å². The fourth-order valence-corrected chi connectivity index (χ4v) is 4.28. The molecule has 0 spiro atoms. The van der Waals surface area contributed by atoms with Gasteiger partial charge in [0.05, 0.1) is 0 Å². The molecule has 2 atom stereocenters. The van der Waals surface area contributed by atoms with Gasteiger partial charge in [-0.3, -0.25) is 24.5 Å². The summed E-state index contributed by atoms with van der Waals surface area (Å²) < 4.78 is 0. The number of nitrogens with one attached hydrogen (secondary N) is 1. The van der Waals surface area contributed by atoms with Gasteiger partial charge in [-0.25, -0.2) is 4.79 Å². The lowest BCUT2D eigenvalue weighted by Gasteiger charge is -2.33. The number of benzene rings is 1. The number of hydrogen-bond donors (Lipinski definition) is 2. The van der Waals surface area contributed by atoms with Crippen molar-refractivity contribution < 1.29 is 29.1 Å². The molecule has 1 aromatic carbocycles. The highest BCUT2D eigenvalue weighted by molar-refractivity contribution is 6.06. The first-order valence-corrected chi connectivity index (χ1v) is 9.68. The van der Waals surface area contributed by atoms with Crippen molar-refractivity contribution >= 4 is 29.6 Å². The van der Waals surface area contributed by atoms with E-state index in [1.54, 1.807) is 12.1 Å². The standard InChI is InChI=1S/C20H21N3O6/c24-16-7-6-14(17(25)21-16)23-10-12-5-4-11(9-13(12)19(23)27)18(26)22-8-2-1-3-15(22)20(28)29/h4-5,9,14-15H,1-3,6-8,10H2,(H,28,29)(H,21,24,25)/t14?,15-/m1/s1. The number of carboxylic acids is 1. The molecular weight excluding hydrogens is 378 g/mol. The van der Waals surface area contributed by atoms with Crippen LogP contribution in [0.25, 0.3) is 0 Å². The molecule has 29 heavy (non-hydrogen) atoms. The lowest BCUT2D eigenvalue weighted by molar-refractivity contribution is -0.143. The number of nitrogens with zero attached hydrogens (tertiary/aromatic N) is 2. The Kier molecular flexibility index (Phi) is 4.81. The molecule has 2 N–H and O–H groups in total. The van der Waals surface area contributed by atoms with Crippen molar-refractivity contribution in [3.63, 3.8) is 0 Å². The molecule has 0 aromatic heterocycles. The van der Waals surface area contributed by atoms with Crippen molar-refractivity contribution in [3.05, 3.63) is 34.9 Å². The second-order valence-electron chi connectivity index (χ2n) is 7.62. The highest BCUT2D eigenvalue weighted by Crippen LogP contribution is 2.29. The maximum Gasteiger partial charge on any atom is 0.326 e. The molecule has 0 saturated carbocycles. The summed E-state index contributed by atoms with van der Waals surface area (Å²) in [5, 5.41) is 11.7. The minimum absolute atomic E-state index is 0.172. The molecule has 1 unspecified atom stereocenters. The van der Waals surface area contributed by atoms with Crippen LogP contribution in [0.2, 0.25) is 0 Å². The number of piperidine rings is 2. The van der Waals surface area contributed by atoms with Crippen LogP contribution in [0.4, 0.5) is 0 Å². The number of fused-ring (bicyclic) bond motifs is 1. The van der Waals surface area contributed by atoms with E-state index in [2.05, 4.69) is 5.32 Å². The van der Waals surface area contributed by atoms with Crippen molar-refractivity contribution in [2.75, 3.05) is 6.54 Å². The number of carbonyl (C=O) groups excluding carboxylic acids is 4. The van der Waals surface area contributed by atoms with E-state index in [9.17, 15) is 29.1 Å². The number of carbonyl (C=O) groups is 5. The summed E-state index contributed by atoms with van der Waals surface area (Å²) in [5.74, 6) is -2.64.